The van der Waals surface area contributed by atoms with Crippen LogP contribution in [0, 0.1) is 13.8 Å². The van der Waals surface area contributed by atoms with Crippen LogP contribution < -0.4 is 10.5 Å². The van der Waals surface area contributed by atoms with Gasteiger partial charge in [0.2, 0.25) is 0 Å². The molecule has 2 atom stereocenters. The van der Waals surface area contributed by atoms with Crippen molar-refractivity contribution in [3.8, 4) is 0 Å². The molecule has 0 bridgehead atoms. The molecular weight excluding hydrogens is 490 g/mol. The minimum Gasteiger partial charge on any atom is -0.376 e. The summed E-state index contributed by atoms with van der Waals surface area (Å²) in [7, 11) is 0. The zero-order valence-corrected chi connectivity index (χ0v) is 23.1. The molecule has 0 spiro atoms. The number of anilines is 1. The molecular formula is C30H37N7O2. The Morgan fingerprint density at radius 2 is 1.92 bits per heavy atom. The molecule has 2 saturated heterocycles. The molecule has 0 aliphatic carbocycles. The summed E-state index contributed by atoms with van der Waals surface area (Å²) >= 11 is 0. The van der Waals surface area contributed by atoms with Crippen LogP contribution in [0.15, 0.2) is 47.3 Å². The average molecular weight is 528 g/mol. The van der Waals surface area contributed by atoms with Gasteiger partial charge in [-0.15, -0.1) is 5.10 Å². The number of aryl methyl sites for hydroxylation is 3. The fraction of sp³-hybridized carbons (Fsp3) is 0.467. The summed E-state index contributed by atoms with van der Waals surface area (Å²) in [6.45, 7) is 11.1. The van der Waals surface area contributed by atoms with E-state index in [1.54, 1.807) is 0 Å². The molecule has 6 rings (SSSR count). The van der Waals surface area contributed by atoms with Crippen molar-refractivity contribution in [3.63, 3.8) is 0 Å². The molecule has 4 aromatic rings. The lowest BCUT2D eigenvalue weighted by atomic mass is 10.0. The molecule has 2 aliphatic heterocycles. The fourth-order valence-electron chi connectivity index (χ4n) is 5.99. The predicted molar refractivity (Wildman–Crippen MR) is 152 cm³/mol. The monoisotopic (exact) mass is 527 g/mol. The Morgan fingerprint density at radius 1 is 1.08 bits per heavy atom. The first-order chi connectivity index (χ1) is 19.0. The SMILES string of the molecule is CCc1ccc2[nH]c(=O)c([C@@H](c3nnnn3C[C@H]3CCCO3)N3CCN(c4cc(C)ccc4C)CC3)cc2c1. The molecule has 4 heterocycles. The number of fused-ring (bicyclic) bond motifs is 1. The number of ether oxygens (including phenoxy) is 1. The van der Waals surface area contributed by atoms with Crippen LogP contribution in [0.5, 0.6) is 0 Å². The molecule has 204 valence electrons. The number of pyridine rings is 1. The van der Waals surface area contributed by atoms with Crippen molar-refractivity contribution in [1.82, 2.24) is 30.1 Å². The van der Waals surface area contributed by atoms with Crippen molar-refractivity contribution in [2.75, 3.05) is 37.7 Å². The molecule has 2 fully saturated rings. The number of benzene rings is 2. The van der Waals surface area contributed by atoms with Crippen LogP contribution in [0.1, 0.15) is 53.9 Å². The van der Waals surface area contributed by atoms with Crippen LogP contribution in [0.3, 0.4) is 0 Å². The van der Waals surface area contributed by atoms with E-state index >= 15 is 0 Å². The van der Waals surface area contributed by atoms with Gasteiger partial charge in [0.1, 0.15) is 6.04 Å². The van der Waals surface area contributed by atoms with E-state index < -0.39 is 0 Å². The molecule has 0 unspecified atom stereocenters. The molecule has 0 saturated carbocycles. The van der Waals surface area contributed by atoms with Crippen molar-refractivity contribution in [1.29, 1.82) is 0 Å². The zero-order valence-electron chi connectivity index (χ0n) is 23.1. The van der Waals surface area contributed by atoms with Gasteiger partial charge in [-0.05, 0) is 89.9 Å². The summed E-state index contributed by atoms with van der Waals surface area (Å²) in [5, 5.41) is 14.0. The van der Waals surface area contributed by atoms with Gasteiger partial charge in [0.25, 0.3) is 5.56 Å². The van der Waals surface area contributed by atoms with Crippen molar-refractivity contribution < 1.29 is 4.74 Å². The maximum absolute atomic E-state index is 13.6. The first-order valence-electron chi connectivity index (χ1n) is 14.1. The number of hydrogen-bond donors (Lipinski definition) is 1. The van der Waals surface area contributed by atoms with E-state index in [0.29, 0.717) is 17.9 Å². The highest BCUT2D eigenvalue weighted by Crippen LogP contribution is 2.30. The van der Waals surface area contributed by atoms with E-state index in [2.05, 4.69) is 81.4 Å². The quantitative estimate of drug-likeness (QED) is 0.391. The number of nitrogens with one attached hydrogen (secondary N) is 1. The van der Waals surface area contributed by atoms with E-state index in [9.17, 15) is 4.79 Å². The summed E-state index contributed by atoms with van der Waals surface area (Å²) in [4.78, 5) is 21.5. The number of tetrazole rings is 1. The van der Waals surface area contributed by atoms with E-state index in [1.165, 1.54) is 22.4 Å². The number of piperazine rings is 1. The number of rotatable bonds is 7. The highest BCUT2D eigenvalue weighted by Gasteiger charge is 2.33. The Kier molecular flexibility index (Phi) is 7.18. The molecule has 9 nitrogen and oxygen atoms in total. The Labute approximate surface area is 228 Å². The van der Waals surface area contributed by atoms with Gasteiger partial charge in [-0.2, -0.15) is 0 Å². The van der Waals surface area contributed by atoms with E-state index in [4.69, 9.17) is 4.74 Å². The molecule has 1 N–H and O–H groups in total. The van der Waals surface area contributed by atoms with Gasteiger partial charge >= 0.3 is 0 Å². The number of aromatic amines is 1. The van der Waals surface area contributed by atoms with E-state index in [1.807, 2.05) is 16.8 Å². The Bertz CT molecular complexity index is 1510. The third-order valence-electron chi connectivity index (χ3n) is 8.23. The Morgan fingerprint density at radius 3 is 2.69 bits per heavy atom. The van der Waals surface area contributed by atoms with Gasteiger partial charge in [-0.1, -0.05) is 25.1 Å². The zero-order chi connectivity index (χ0) is 26.9. The number of aromatic nitrogens is 5. The van der Waals surface area contributed by atoms with Gasteiger partial charge < -0.3 is 14.6 Å². The van der Waals surface area contributed by atoms with Crippen molar-refractivity contribution >= 4 is 16.6 Å². The molecule has 2 aromatic heterocycles. The molecule has 2 aromatic carbocycles. The number of H-pyrrole nitrogens is 1. The Hall–Kier alpha value is -3.56. The lowest BCUT2D eigenvalue weighted by Gasteiger charge is -2.40. The normalized spacial score (nSPS) is 19.2. The van der Waals surface area contributed by atoms with E-state index in [-0.39, 0.29) is 17.7 Å². The fourth-order valence-corrected chi connectivity index (χ4v) is 5.99. The van der Waals surface area contributed by atoms with Crippen molar-refractivity contribution in [2.24, 2.45) is 0 Å². The van der Waals surface area contributed by atoms with Crippen molar-refractivity contribution in [2.45, 2.75) is 58.7 Å². The lowest BCUT2D eigenvalue weighted by molar-refractivity contribution is 0.0906. The van der Waals surface area contributed by atoms with Crippen LogP contribution in [0.4, 0.5) is 5.69 Å². The smallest absolute Gasteiger partial charge is 0.253 e. The average Bonchev–Trinajstić information content (AvgIpc) is 3.63. The largest absolute Gasteiger partial charge is 0.376 e. The predicted octanol–water partition coefficient (Wildman–Crippen LogP) is 3.78. The van der Waals surface area contributed by atoms with Gasteiger partial charge in [-0.25, -0.2) is 4.68 Å². The molecule has 39 heavy (non-hydrogen) atoms. The standard InChI is InChI=1S/C30H37N7O2/c1-4-22-9-10-26-23(17-22)18-25(30(38)31-26)28(29-32-33-34-37(29)19-24-6-5-15-39-24)36-13-11-35(12-14-36)27-16-20(2)7-8-21(27)3/h7-10,16-18,24,28H,4-6,11-15,19H2,1-3H3,(H,31,38)/t24-,28+/m1/s1. The Balaban J connectivity index is 1.37. The summed E-state index contributed by atoms with van der Waals surface area (Å²) in [5.74, 6) is 0.696. The first kappa shape index (κ1) is 25.7. The minimum absolute atomic E-state index is 0.0936. The number of hydrogen-bond acceptors (Lipinski definition) is 7. The van der Waals surface area contributed by atoms with Crippen LogP contribution in [-0.2, 0) is 17.7 Å². The lowest BCUT2D eigenvalue weighted by Crippen LogP contribution is -2.49. The second kappa shape index (κ2) is 10.9. The van der Waals surface area contributed by atoms with Crippen molar-refractivity contribution in [3.05, 3.63) is 80.9 Å². The summed E-state index contributed by atoms with van der Waals surface area (Å²) in [5.41, 5.74) is 6.49. The first-order valence-corrected chi connectivity index (χ1v) is 14.1. The summed E-state index contributed by atoms with van der Waals surface area (Å²) < 4.78 is 7.75. The van der Waals surface area contributed by atoms with Crippen LogP contribution in [0.25, 0.3) is 10.9 Å². The number of nitrogens with zero attached hydrogens (tertiary/aromatic N) is 6. The van der Waals surface area contributed by atoms with Gasteiger partial charge in [0.05, 0.1) is 12.6 Å². The van der Waals surface area contributed by atoms with Crippen LogP contribution in [-0.4, -0.2) is 69.0 Å². The molecule has 2 aliphatic rings. The second-order valence-corrected chi connectivity index (χ2v) is 10.9. The highest BCUT2D eigenvalue weighted by molar-refractivity contribution is 5.80. The van der Waals surface area contributed by atoms with Gasteiger partial charge in [0.15, 0.2) is 5.82 Å². The second-order valence-electron chi connectivity index (χ2n) is 10.9. The molecule has 0 radical (unpaired) electrons. The third-order valence-corrected chi connectivity index (χ3v) is 8.23. The summed E-state index contributed by atoms with van der Waals surface area (Å²) in [6.07, 6.45) is 3.08. The maximum Gasteiger partial charge on any atom is 0.253 e. The highest BCUT2D eigenvalue weighted by atomic mass is 16.5. The maximum atomic E-state index is 13.6. The minimum atomic E-state index is -0.361. The van der Waals surface area contributed by atoms with Crippen LogP contribution >= 0.6 is 0 Å². The van der Waals surface area contributed by atoms with E-state index in [0.717, 1.165) is 63.0 Å². The third kappa shape index (κ3) is 5.21. The van der Waals surface area contributed by atoms with Gasteiger partial charge in [0, 0.05) is 49.6 Å². The topological polar surface area (TPSA) is 92.2 Å². The molecule has 9 heteroatoms. The summed E-state index contributed by atoms with van der Waals surface area (Å²) in [6, 6.07) is 14.5. The van der Waals surface area contributed by atoms with Crippen LogP contribution in [0.2, 0.25) is 0 Å². The molecule has 0 amide bonds. The van der Waals surface area contributed by atoms with Gasteiger partial charge in [-0.3, -0.25) is 9.69 Å².